The van der Waals surface area contributed by atoms with Crippen molar-refractivity contribution >= 4 is 17.9 Å². The molecule has 322 valence electrons. The molecule has 0 saturated heterocycles. The predicted octanol–water partition coefficient (Wildman–Crippen LogP) is 10.6. The number of hydrogen-bond donors (Lipinski definition) is 0. The number of hydrogen-bond acceptors (Lipinski definition) is 7. The van der Waals surface area contributed by atoms with E-state index in [0.29, 0.717) is 12.8 Å². The third kappa shape index (κ3) is 37.6. The first kappa shape index (κ1) is 53.2. The van der Waals surface area contributed by atoms with Crippen LogP contribution in [0.5, 0.6) is 0 Å². The van der Waals surface area contributed by atoms with Crippen LogP contribution in [0.1, 0.15) is 142 Å². The van der Waals surface area contributed by atoms with Crippen molar-refractivity contribution < 1.29 is 38.2 Å². The van der Waals surface area contributed by atoms with Crippen LogP contribution in [-0.4, -0.2) is 75.5 Å². The third-order valence-electron chi connectivity index (χ3n) is 9.12. The SMILES string of the molecule is CC/C=C/C=C/C=C/CCCCCCCCCC(=O)OC(COCCC(C(=O)[O-])[N+](C)(C)C)COC(=O)CCCCCCC/C=C/C=C/C=C/C=C/C=C/CCC. The van der Waals surface area contributed by atoms with E-state index in [-0.39, 0.29) is 42.7 Å². The zero-order chi connectivity index (χ0) is 42.1. The summed E-state index contributed by atoms with van der Waals surface area (Å²) >= 11 is 0. The first-order chi connectivity index (χ1) is 27.6. The van der Waals surface area contributed by atoms with Gasteiger partial charge >= 0.3 is 11.9 Å². The van der Waals surface area contributed by atoms with E-state index in [1.54, 1.807) is 21.1 Å². The average molecular weight is 794 g/mol. The summed E-state index contributed by atoms with van der Waals surface area (Å²) in [6.45, 7) is 4.38. The fourth-order valence-electron chi connectivity index (χ4n) is 5.75. The van der Waals surface area contributed by atoms with Gasteiger partial charge in [0.1, 0.15) is 12.6 Å². The van der Waals surface area contributed by atoms with Gasteiger partial charge in [-0.2, -0.15) is 0 Å². The van der Waals surface area contributed by atoms with Crippen molar-refractivity contribution in [1.29, 1.82) is 0 Å². The normalized spacial score (nSPS) is 13.9. The Morgan fingerprint density at radius 3 is 1.46 bits per heavy atom. The molecule has 8 nitrogen and oxygen atoms in total. The van der Waals surface area contributed by atoms with E-state index in [0.717, 1.165) is 83.5 Å². The lowest BCUT2D eigenvalue weighted by Crippen LogP contribution is -2.55. The summed E-state index contributed by atoms with van der Waals surface area (Å²) in [6.07, 6.45) is 51.3. The van der Waals surface area contributed by atoms with Crippen LogP contribution in [0.2, 0.25) is 0 Å². The number of allylic oxidation sites excluding steroid dienone is 16. The Morgan fingerprint density at radius 1 is 0.544 bits per heavy atom. The van der Waals surface area contributed by atoms with Crippen LogP contribution in [-0.2, 0) is 28.6 Å². The van der Waals surface area contributed by atoms with E-state index in [1.807, 2.05) is 36.5 Å². The van der Waals surface area contributed by atoms with Crippen molar-refractivity contribution in [2.24, 2.45) is 0 Å². The number of carboxylic acids is 1. The maximum atomic E-state index is 12.7. The minimum Gasteiger partial charge on any atom is -0.544 e. The number of ether oxygens (including phenoxy) is 3. The largest absolute Gasteiger partial charge is 0.544 e. The molecule has 0 fully saturated rings. The maximum Gasteiger partial charge on any atom is 0.306 e. The van der Waals surface area contributed by atoms with E-state index in [1.165, 1.54) is 25.7 Å². The Morgan fingerprint density at radius 2 is 0.982 bits per heavy atom. The number of carbonyl (C=O) groups excluding carboxylic acids is 3. The Hall–Kier alpha value is -3.75. The second-order valence-electron chi connectivity index (χ2n) is 15.4. The summed E-state index contributed by atoms with van der Waals surface area (Å²) in [5.41, 5.74) is 0. The first-order valence-electron chi connectivity index (χ1n) is 21.9. The van der Waals surface area contributed by atoms with Gasteiger partial charge in [-0.15, -0.1) is 0 Å². The van der Waals surface area contributed by atoms with Crippen LogP contribution in [0.15, 0.2) is 97.2 Å². The number of nitrogens with zero attached hydrogens (tertiary/aromatic N) is 1. The fraction of sp³-hybridized carbons (Fsp3) is 0.612. The number of esters is 2. The van der Waals surface area contributed by atoms with Gasteiger partial charge in [-0.25, -0.2) is 0 Å². The van der Waals surface area contributed by atoms with Crippen molar-refractivity contribution in [3.8, 4) is 0 Å². The molecule has 57 heavy (non-hydrogen) atoms. The molecule has 0 aromatic heterocycles. The van der Waals surface area contributed by atoms with E-state index in [9.17, 15) is 19.5 Å². The number of carbonyl (C=O) groups is 3. The molecule has 0 amide bonds. The van der Waals surface area contributed by atoms with Crippen LogP contribution in [0.4, 0.5) is 0 Å². The molecule has 0 radical (unpaired) electrons. The number of carboxylic acid groups (broad SMARTS) is 1. The predicted molar refractivity (Wildman–Crippen MR) is 235 cm³/mol. The Kier molecular flexibility index (Phi) is 36.5. The molecule has 0 N–H and O–H groups in total. The zero-order valence-corrected chi connectivity index (χ0v) is 36.5. The van der Waals surface area contributed by atoms with Crippen LogP contribution < -0.4 is 5.11 Å². The molecule has 0 aromatic carbocycles. The lowest BCUT2D eigenvalue weighted by Gasteiger charge is -2.34. The molecule has 0 aliphatic rings. The first-order valence-corrected chi connectivity index (χ1v) is 21.9. The second-order valence-corrected chi connectivity index (χ2v) is 15.4. The lowest BCUT2D eigenvalue weighted by atomic mass is 10.1. The smallest absolute Gasteiger partial charge is 0.306 e. The number of unbranched alkanes of at least 4 members (excludes halogenated alkanes) is 13. The monoisotopic (exact) mass is 794 g/mol. The zero-order valence-electron chi connectivity index (χ0n) is 36.5. The van der Waals surface area contributed by atoms with Crippen LogP contribution >= 0.6 is 0 Å². The minimum atomic E-state index is -1.14. The molecule has 0 saturated carbocycles. The maximum absolute atomic E-state index is 12.7. The summed E-state index contributed by atoms with van der Waals surface area (Å²) in [4.78, 5) is 36.9. The highest BCUT2D eigenvalue weighted by atomic mass is 16.6. The van der Waals surface area contributed by atoms with Crippen LogP contribution in [0.25, 0.3) is 0 Å². The third-order valence-corrected chi connectivity index (χ3v) is 9.12. The highest BCUT2D eigenvalue weighted by Crippen LogP contribution is 2.13. The van der Waals surface area contributed by atoms with Gasteiger partial charge in [0.2, 0.25) is 0 Å². The van der Waals surface area contributed by atoms with Gasteiger partial charge in [0.05, 0.1) is 40.3 Å². The molecule has 8 heteroatoms. The van der Waals surface area contributed by atoms with E-state index >= 15 is 0 Å². The van der Waals surface area contributed by atoms with E-state index < -0.39 is 18.1 Å². The molecule has 2 atom stereocenters. The van der Waals surface area contributed by atoms with Crippen molar-refractivity contribution in [2.75, 3.05) is 41.0 Å². The molecule has 0 aliphatic heterocycles. The van der Waals surface area contributed by atoms with Gasteiger partial charge in [-0.05, 0) is 51.4 Å². The molecule has 0 rings (SSSR count). The van der Waals surface area contributed by atoms with E-state index in [2.05, 4.69) is 74.6 Å². The quantitative estimate of drug-likeness (QED) is 0.0267. The van der Waals surface area contributed by atoms with Gasteiger partial charge in [0.25, 0.3) is 0 Å². The number of quaternary nitrogens is 1. The van der Waals surface area contributed by atoms with Gasteiger partial charge < -0.3 is 28.6 Å². The van der Waals surface area contributed by atoms with Crippen molar-refractivity contribution in [2.45, 2.75) is 154 Å². The van der Waals surface area contributed by atoms with Gasteiger partial charge in [0.15, 0.2) is 6.10 Å². The standard InChI is InChI=1S/C49H79NO7/c1-6-8-10-12-14-16-18-20-22-23-24-26-27-29-31-33-35-37-39-47(51)56-44-45(43-55-42-41-46(49(53)54)50(3,4)5)57-48(52)40-38-36-34-32-30-28-25-21-19-17-15-13-11-9-7-2/h9-20,22-24,26,45-46H,6-8,21,25,27-44H2,1-5H3/b11-9+,12-10+,15-13+,16-14+,19-17+,20-18+,23-22+,26-24+. The number of aliphatic carboxylic acids is 1. The van der Waals surface area contributed by atoms with Crippen molar-refractivity contribution in [3.63, 3.8) is 0 Å². The molecule has 0 heterocycles. The van der Waals surface area contributed by atoms with Gasteiger partial charge in [-0.3, -0.25) is 9.59 Å². The second kappa shape index (κ2) is 39.1. The number of likely N-dealkylation sites (N-methyl/N-ethyl adjacent to an activating group) is 1. The molecule has 0 bridgehead atoms. The lowest BCUT2D eigenvalue weighted by molar-refractivity contribution is -0.889. The highest BCUT2D eigenvalue weighted by Gasteiger charge is 2.25. The molecule has 2 unspecified atom stereocenters. The van der Waals surface area contributed by atoms with Crippen molar-refractivity contribution in [3.05, 3.63) is 97.2 Å². The van der Waals surface area contributed by atoms with E-state index in [4.69, 9.17) is 14.2 Å². The molecule has 0 aromatic rings. The molecular weight excluding hydrogens is 715 g/mol. The van der Waals surface area contributed by atoms with Crippen LogP contribution in [0.3, 0.4) is 0 Å². The molecular formula is C49H79NO7. The Labute approximate surface area is 347 Å². The van der Waals surface area contributed by atoms with Crippen molar-refractivity contribution in [1.82, 2.24) is 0 Å². The summed E-state index contributed by atoms with van der Waals surface area (Å²) in [6, 6.07) is -0.738. The van der Waals surface area contributed by atoms with Gasteiger partial charge in [0, 0.05) is 19.3 Å². The summed E-state index contributed by atoms with van der Waals surface area (Å²) in [7, 11) is 5.38. The molecule has 0 aliphatic carbocycles. The van der Waals surface area contributed by atoms with Crippen LogP contribution in [0, 0.1) is 0 Å². The number of rotatable bonds is 37. The topological polar surface area (TPSA) is 102 Å². The summed E-state index contributed by atoms with van der Waals surface area (Å²) in [5.74, 6) is -1.80. The minimum absolute atomic E-state index is 0.0204. The Bertz CT molecular complexity index is 1250. The summed E-state index contributed by atoms with van der Waals surface area (Å²) < 4.78 is 17.1. The molecule has 0 spiro atoms. The van der Waals surface area contributed by atoms with Gasteiger partial charge in [-0.1, -0.05) is 169 Å². The average Bonchev–Trinajstić information content (AvgIpc) is 3.17. The Balaban J connectivity index is 4.44. The summed E-state index contributed by atoms with van der Waals surface area (Å²) in [5, 5.41) is 11.6. The fourth-order valence-corrected chi connectivity index (χ4v) is 5.75. The highest BCUT2D eigenvalue weighted by molar-refractivity contribution is 5.70.